The van der Waals surface area contributed by atoms with E-state index in [-0.39, 0.29) is 0 Å². The van der Waals surface area contributed by atoms with Crippen molar-refractivity contribution in [2.24, 2.45) is 5.73 Å². The van der Waals surface area contributed by atoms with Gasteiger partial charge in [-0.25, -0.2) is 0 Å². The number of rotatable bonds is 4. The van der Waals surface area contributed by atoms with Crippen molar-refractivity contribution in [3.8, 4) is 0 Å². The zero-order valence-corrected chi connectivity index (χ0v) is 10.1. The molecule has 0 aliphatic carbocycles. The van der Waals surface area contributed by atoms with Gasteiger partial charge in [0.15, 0.2) is 0 Å². The van der Waals surface area contributed by atoms with Crippen molar-refractivity contribution in [3.63, 3.8) is 0 Å². The molecule has 2 aromatic rings. The number of benzene rings is 1. The van der Waals surface area contributed by atoms with Crippen LogP contribution in [0.15, 0.2) is 48.7 Å². The van der Waals surface area contributed by atoms with E-state index in [2.05, 4.69) is 42.2 Å². The molecule has 0 saturated carbocycles. The molecule has 0 aliphatic rings. The average Bonchev–Trinajstić information content (AvgIpc) is 2.39. The Balaban J connectivity index is 2.17. The molecule has 0 radical (unpaired) electrons. The molecule has 17 heavy (non-hydrogen) atoms. The first-order valence-electron chi connectivity index (χ1n) is 5.98. The monoisotopic (exact) mass is 226 g/mol. The third-order valence-corrected chi connectivity index (χ3v) is 2.99. The fourth-order valence-electron chi connectivity index (χ4n) is 1.86. The first-order valence-corrected chi connectivity index (χ1v) is 5.98. The van der Waals surface area contributed by atoms with Crippen LogP contribution in [0, 0.1) is 0 Å². The van der Waals surface area contributed by atoms with Crippen LogP contribution in [0.3, 0.4) is 0 Å². The van der Waals surface area contributed by atoms with Crippen molar-refractivity contribution in [3.05, 3.63) is 65.5 Å². The molecule has 0 saturated heterocycles. The molecule has 2 N–H and O–H groups in total. The van der Waals surface area contributed by atoms with Gasteiger partial charge in [-0.2, -0.15) is 0 Å². The minimum Gasteiger partial charge on any atom is -0.330 e. The molecule has 88 valence electrons. The normalized spacial score (nSPS) is 12.4. The zero-order valence-electron chi connectivity index (χ0n) is 10.1. The van der Waals surface area contributed by atoms with Crippen LogP contribution in [0.2, 0.25) is 0 Å². The number of hydrogen-bond acceptors (Lipinski definition) is 2. The largest absolute Gasteiger partial charge is 0.330 e. The Morgan fingerprint density at radius 1 is 1.18 bits per heavy atom. The summed E-state index contributed by atoms with van der Waals surface area (Å²) in [5.74, 6) is 0.415. The summed E-state index contributed by atoms with van der Waals surface area (Å²) in [5.41, 5.74) is 9.40. The maximum Gasteiger partial charge on any atom is 0.0447 e. The second-order valence-corrected chi connectivity index (χ2v) is 4.38. The molecule has 1 aromatic carbocycles. The molecule has 2 rings (SSSR count). The summed E-state index contributed by atoms with van der Waals surface area (Å²) in [4.78, 5) is 4.34. The summed E-state index contributed by atoms with van der Waals surface area (Å²) in [6.07, 6.45) is 2.72. The topological polar surface area (TPSA) is 38.9 Å². The van der Waals surface area contributed by atoms with Crippen molar-refractivity contribution in [1.82, 2.24) is 4.98 Å². The van der Waals surface area contributed by atoms with E-state index in [1.807, 2.05) is 18.3 Å². The highest BCUT2D eigenvalue weighted by molar-refractivity contribution is 5.29. The van der Waals surface area contributed by atoms with Gasteiger partial charge < -0.3 is 5.73 Å². The summed E-state index contributed by atoms with van der Waals surface area (Å²) < 4.78 is 0. The van der Waals surface area contributed by atoms with Crippen LogP contribution >= 0.6 is 0 Å². The third kappa shape index (κ3) is 3.14. The lowest BCUT2D eigenvalue weighted by atomic mass is 9.97. The number of nitrogens with zero attached hydrogens (tertiary/aromatic N) is 1. The van der Waals surface area contributed by atoms with Gasteiger partial charge in [-0.1, -0.05) is 37.3 Å². The highest BCUT2D eigenvalue weighted by atomic mass is 14.7. The first kappa shape index (κ1) is 11.8. The molecule has 2 heteroatoms. The van der Waals surface area contributed by atoms with E-state index in [1.165, 1.54) is 11.1 Å². The summed E-state index contributed by atoms with van der Waals surface area (Å²) in [7, 11) is 0. The fourth-order valence-corrected chi connectivity index (χ4v) is 1.86. The molecule has 1 heterocycles. The maximum absolute atomic E-state index is 5.69. The molecular formula is C15H18N2. The molecule has 1 unspecified atom stereocenters. The van der Waals surface area contributed by atoms with Crippen molar-refractivity contribution in [1.29, 1.82) is 0 Å². The smallest absolute Gasteiger partial charge is 0.0447 e. The van der Waals surface area contributed by atoms with Gasteiger partial charge in [-0.3, -0.25) is 4.98 Å². The Labute approximate surface area is 103 Å². The van der Waals surface area contributed by atoms with Gasteiger partial charge in [0.25, 0.3) is 0 Å². The van der Waals surface area contributed by atoms with Gasteiger partial charge >= 0.3 is 0 Å². The lowest BCUT2D eigenvalue weighted by Crippen LogP contribution is -2.09. The minimum absolute atomic E-state index is 0.415. The summed E-state index contributed by atoms with van der Waals surface area (Å²) in [6, 6.07) is 14.6. The lowest BCUT2D eigenvalue weighted by Gasteiger charge is -2.10. The number of aromatic nitrogens is 1. The second-order valence-electron chi connectivity index (χ2n) is 4.38. The molecule has 0 bridgehead atoms. The van der Waals surface area contributed by atoms with Gasteiger partial charge in [0.1, 0.15) is 0 Å². The van der Waals surface area contributed by atoms with Gasteiger partial charge in [0.2, 0.25) is 0 Å². The van der Waals surface area contributed by atoms with Crippen LogP contribution in [-0.4, -0.2) is 11.5 Å². The fraction of sp³-hybridized carbons (Fsp3) is 0.267. The Bertz CT molecular complexity index is 465. The average molecular weight is 226 g/mol. The molecule has 1 atom stereocenters. The van der Waals surface area contributed by atoms with Crippen LogP contribution in [0.4, 0.5) is 0 Å². The van der Waals surface area contributed by atoms with E-state index in [1.54, 1.807) is 0 Å². The van der Waals surface area contributed by atoms with E-state index < -0.39 is 0 Å². The van der Waals surface area contributed by atoms with Crippen molar-refractivity contribution in [2.75, 3.05) is 6.54 Å². The summed E-state index contributed by atoms with van der Waals surface area (Å²) >= 11 is 0. The molecular weight excluding hydrogens is 208 g/mol. The molecule has 1 aromatic heterocycles. The van der Waals surface area contributed by atoms with E-state index in [0.29, 0.717) is 12.5 Å². The maximum atomic E-state index is 5.69. The first-order chi connectivity index (χ1) is 8.29. The van der Waals surface area contributed by atoms with Gasteiger partial charge in [-0.15, -0.1) is 0 Å². The standard InChI is InChI=1S/C15H18N2/c1-12(11-16)14-6-4-5-13(9-14)10-15-7-2-3-8-17-15/h2-9,12H,10-11,16H2,1H3. The van der Waals surface area contributed by atoms with Crippen molar-refractivity contribution < 1.29 is 0 Å². The Kier molecular flexibility index (Phi) is 3.89. The highest BCUT2D eigenvalue weighted by Crippen LogP contribution is 2.16. The molecule has 0 spiro atoms. The predicted octanol–water partition coefficient (Wildman–Crippen LogP) is 2.73. The van der Waals surface area contributed by atoms with Crippen LogP contribution in [0.5, 0.6) is 0 Å². The Morgan fingerprint density at radius 3 is 2.76 bits per heavy atom. The Morgan fingerprint density at radius 2 is 2.06 bits per heavy atom. The minimum atomic E-state index is 0.415. The Hall–Kier alpha value is -1.67. The predicted molar refractivity (Wildman–Crippen MR) is 71.0 cm³/mol. The van der Waals surface area contributed by atoms with Gasteiger partial charge in [-0.05, 0) is 35.7 Å². The van der Waals surface area contributed by atoms with Crippen molar-refractivity contribution >= 4 is 0 Å². The quantitative estimate of drug-likeness (QED) is 0.870. The number of pyridine rings is 1. The van der Waals surface area contributed by atoms with Crippen LogP contribution in [0.1, 0.15) is 29.7 Å². The van der Waals surface area contributed by atoms with Crippen LogP contribution in [-0.2, 0) is 6.42 Å². The second kappa shape index (κ2) is 5.60. The third-order valence-electron chi connectivity index (χ3n) is 2.99. The SMILES string of the molecule is CC(CN)c1cccc(Cc2ccccn2)c1. The molecule has 0 amide bonds. The van der Waals surface area contributed by atoms with E-state index >= 15 is 0 Å². The molecule has 0 fully saturated rings. The van der Waals surface area contributed by atoms with Crippen LogP contribution in [0.25, 0.3) is 0 Å². The summed E-state index contributed by atoms with van der Waals surface area (Å²) in [5, 5.41) is 0. The van der Waals surface area contributed by atoms with Crippen molar-refractivity contribution in [2.45, 2.75) is 19.3 Å². The summed E-state index contributed by atoms with van der Waals surface area (Å²) in [6.45, 7) is 2.84. The molecule has 0 aliphatic heterocycles. The van der Waals surface area contributed by atoms with Gasteiger partial charge in [0, 0.05) is 18.3 Å². The number of nitrogens with two attached hydrogens (primary N) is 1. The number of hydrogen-bond donors (Lipinski definition) is 1. The van der Waals surface area contributed by atoms with Gasteiger partial charge in [0.05, 0.1) is 0 Å². The zero-order chi connectivity index (χ0) is 12.1. The molecule has 2 nitrogen and oxygen atoms in total. The van der Waals surface area contributed by atoms with Crippen LogP contribution < -0.4 is 5.73 Å². The van der Waals surface area contributed by atoms with E-state index in [4.69, 9.17) is 5.73 Å². The highest BCUT2D eigenvalue weighted by Gasteiger charge is 2.04. The lowest BCUT2D eigenvalue weighted by molar-refractivity contribution is 0.772. The van der Waals surface area contributed by atoms with E-state index in [9.17, 15) is 0 Å². The van der Waals surface area contributed by atoms with E-state index in [0.717, 1.165) is 12.1 Å².